The van der Waals surface area contributed by atoms with Gasteiger partial charge in [-0.2, -0.15) is 13.2 Å². The number of carbonyl (C=O) groups is 1. The second-order valence-corrected chi connectivity index (χ2v) is 9.74. The first kappa shape index (κ1) is 26.5. The number of halogens is 3. The topological polar surface area (TPSA) is 35.5 Å². The van der Waals surface area contributed by atoms with Gasteiger partial charge in [0.25, 0.3) is 0 Å². The van der Waals surface area contributed by atoms with E-state index in [-0.39, 0.29) is 24.1 Å². The van der Waals surface area contributed by atoms with Crippen LogP contribution in [-0.2, 0) is 14.3 Å². The smallest absolute Gasteiger partial charge is 0.411 e. The van der Waals surface area contributed by atoms with Crippen LogP contribution in [0, 0.1) is 11.8 Å². The number of hydrogen-bond donors (Lipinski definition) is 0. The van der Waals surface area contributed by atoms with Crippen molar-refractivity contribution < 1.29 is 27.4 Å². The molecule has 2 aliphatic rings. The van der Waals surface area contributed by atoms with Crippen LogP contribution in [0.4, 0.5) is 13.2 Å². The van der Waals surface area contributed by atoms with Gasteiger partial charge in [-0.3, -0.25) is 4.79 Å². The highest BCUT2D eigenvalue weighted by molar-refractivity contribution is 5.72. The maximum Gasteiger partial charge on any atom is 0.411 e. The lowest BCUT2D eigenvalue weighted by Gasteiger charge is -2.31. The first-order chi connectivity index (χ1) is 14.9. The molecule has 182 valence electrons. The third-order valence-electron chi connectivity index (χ3n) is 7.03. The number of esters is 1. The Balaban J connectivity index is 1.50. The van der Waals surface area contributed by atoms with E-state index in [1.54, 1.807) is 0 Å². The lowest BCUT2D eigenvalue weighted by molar-refractivity contribution is -0.190. The molecule has 2 rings (SSSR count). The molecule has 2 fully saturated rings. The van der Waals surface area contributed by atoms with Gasteiger partial charge in [-0.25, -0.2) is 0 Å². The maximum absolute atomic E-state index is 12.5. The fraction of sp³-hybridized carbons (Fsp3) is 0.960. The van der Waals surface area contributed by atoms with Crippen molar-refractivity contribution in [3.8, 4) is 0 Å². The molecule has 0 atom stereocenters. The summed E-state index contributed by atoms with van der Waals surface area (Å²) < 4.78 is 47.4. The third-order valence-corrected chi connectivity index (χ3v) is 7.03. The van der Waals surface area contributed by atoms with Crippen molar-refractivity contribution in [3.63, 3.8) is 0 Å². The van der Waals surface area contributed by atoms with Gasteiger partial charge in [0.2, 0.25) is 0 Å². The number of carbonyl (C=O) groups excluding carboxylic acids is 1. The van der Waals surface area contributed by atoms with E-state index in [9.17, 15) is 18.0 Å². The number of unbranched alkanes of at least 4 members (excludes halogenated alkanes) is 7. The number of rotatable bonds is 13. The van der Waals surface area contributed by atoms with Crippen molar-refractivity contribution in [1.29, 1.82) is 0 Å². The van der Waals surface area contributed by atoms with E-state index in [1.807, 2.05) is 0 Å². The highest BCUT2D eigenvalue weighted by Gasteiger charge is 2.33. The molecule has 0 heterocycles. The standard InChI is InChI=1S/C25H43F3O3/c1-2-3-4-5-6-7-8-9-10-20-11-13-21(14-12-20)24(29)31-23-17-15-22(16-18-23)30-19-25(26,27)28/h20-23H,2-19H2,1H3. The average Bonchev–Trinajstić information content (AvgIpc) is 2.75. The zero-order valence-electron chi connectivity index (χ0n) is 19.4. The highest BCUT2D eigenvalue weighted by Crippen LogP contribution is 2.34. The predicted molar refractivity (Wildman–Crippen MR) is 117 cm³/mol. The molecule has 0 bridgehead atoms. The van der Waals surface area contributed by atoms with Gasteiger partial charge in [-0.1, -0.05) is 64.7 Å². The summed E-state index contributed by atoms with van der Waals surface area (Å²) in [5.74, 6) is 0.671. The van der Waals surface area contributed by atoms with Crippen LogP contribution in [0.3, 0.4) is 0 Å². The summed E-state index contributed by atoms with van der Waals surface area (Å²) in [6, 6.07) is 0. The van der Waals surface area contributed by atoms with Crippen molar-refractivity contribution in [3.05, 3.63) is 0 Å². The third kappa shape index (κ3) is 11.6. The van der Waals surface area contributed by atoms with Crippen molar-refractivity contribution in [2.45, 2.75) is 134 Å². The molecule has 0 N–H and O–H groups in total. The van der Waals surface area contributed by atoms with Crippen LogP contribution in [0.1, 0.15) is 116 Å². The maximum atomic E-state index is 12.5. The van der Waals surface area contributed by atoms with Gasteiger partial charge in [-0.05, 0) is 57.3 Å². The Labute approximate surface area is 186 Å². The van der Waals surface area contributed by atoms with Crippen LogP contribution < -0.4 is 0 Å². The molecule has 2 aliphatic carbocycles. The summed E-state index contributed by atoms with van der Waals surface area (Å²) >= 11 is 0. The Kier molecular flexibility index (Phi) is 12.3. The van der Waals surface area contributed by atoms with Gasteiger partial charge in [0.05, 0.1) is 12.0 Å². The monoisotopic (exact) mass is 448 g/mol. The van der Waals surface area contributed by atoms with Gasteiger partial charge >= 0.3 is 12.1 Å². The SMILES string of the molecule is CCCCCCCCCCC1CCC(C(=O)OC2CCC(OCC(F)(F)F)CC2)CC1. The molecule has 0 aromatic heterocycles. The zero-order chi connectivity index (χ0) is 22.5. The van der Waals surface area contributed by atoms with Crippen molar-refractivity contribution in [2.24, 2.45) is 11.8 Å². The molecule has 0 aliphatic heterocycles. The summed E-state index contributed by atoms with van der Waals surface area (Å²) in [5.41, 5.74) is 0. The summed E-state index contributed by atoms with van der Waals surface area (Å²) in [4.78, 5) is 12.5. The van der Waals surface area contributed by atoms with Crippen LogP contribution >= 0.6 is 0 Å². The number of hydrogen-bond acceptors (Lipinski definition) is 3. The van der Waals surface area contributed by atoms with Crippen molar-refractivity contribution in [2.75, 3.05) is 6.61 Å². The molecule has 3 nitrogen and oxygen atoms in total. The fourth-order valence-electron chi connectivity index (χ4n) is 5.04. The van der Waals surface area contributed by atoms with E-state index in [2.05, 4.69) is 6.92 Å². The minimum Gasteiger partial charge on any atom is -0.462 e. The van der Waals surface area contributed by atoms with Crippen LogP contribution in [0.25, 0.3) is 0 Å². The lowest BCUT2D eigenvalue weighted by atomic mass is 9.79. The van der Waals surface area contributed by atoms with E-state index in [0.29, 0.717) is 25.7 Å². The molecule has 0 amide bonds. The van der Waals surface area contributed by atoms with Gasteiger partial charge < -0.3 is 9.47 Å². The van der Waals surface area contributed by atoms with E-state index in [4.69, 9.17) is 9.47 Å². The Morgan fingerprint density at radius 1 is 0.774 bits per heavy atom. The highest BCUT2D eigenvalue weighted by atomic mass is 19.4. The van der Waals surface area contributed by atoms with Gasteiger partial charge in [0.15, 0.2) is 0 Å². The molecule has 0 spiro atoms. The minimum absolute atomic E-state index is 0.00835. The van der Waals surface area contributed by atoms with Crippen LogP contribution in [-0.4, -0.2) is 31.0 Å². The fourth-order valence-corrected chi connectivity index (χ4v) is 5.04. The Morgan fingerprint density at radius 3 is 1.90 bits per heavy atom. The molecule has 0 aromatic rings. The van der Waals surface area contributed by atoms with Gasteiger partial charge in [0, 0.05) is 0 Å². The van der Waals surface area contributed by atoms with Crippen LogP contribution in [0.15, 0.2) is 0 Å². The molecule has 2 saturated carbocycles. The molecule has 0 radical (unpaired) electrons. The number of ether oxygens (including phenoxy) is 2. The summed E-state index contributed by atoms with van der Waals surface area (Å²) in [7, 11) is 0. The molecular weight excluding hydrogens is 405 g/mol. The largest absolute Gasteiger partial charge is 0.462 e. The van der Waals surface area contributed by atoms with Gasteiger partial charge in [-0.15, -0.1) is 0 Å². The lowest BCUT2D eigenvalue weighted by Crippen LogP contribution is -2.33. The Morgan fingerprint density at radius 2 is 1.32 bits per heavy atom. The number of alkyl halides is 3. The summed E-state index contributed by atoms with van der Waals surface area (Å²) in [6.45, 7) is 1.06. The zero-order valence-corrected chi connectivity index (χ0v) is 19.4. The Bertz CT molecular complexity index is 479. The average molecular weight is 449 g/mol. The normalized spacial score (nSPS) is 27.2. The summed E-state index contributed by atoms with van der Waals surface area (Å²) in [5, 5.41) is 0. The van der Waals surface area contributed by atoms with Crippen molar-refractivity contribution >= 4 is 5.97 Å². The summed E-state index contributed by atoms with van der Waals surface area (Å²) in [6.07, 6.45) is 13.6. The van der Waals surface area contributed by atoms with E-state index in [1.165, 1.54) is 57.8 Å². The molecule has 0 aromatic carbocycles. The molecule has 0 saturated heterocycles. The molecule has 0 unspecified atom stereocenters. The first-order valence-electron chi connectivity index (χ1n) is 12.8. The quantitative estimate of drug-likeness (QED) is 0.213. The van der Waals surface area contributed by atoms with Crippen molar-refractivity contribution in [1.82, 2.24) is 0 Å². The van der Waals surface area contributed by atoms with E-state index < -0.39 is 12.8 Å². The molecular formula is C25H43F3O3. The van der Waals surface area contributed by atoms with Crippen LogP contribution in [0.2, 0.25) is 0 Å². The van der Waals surface area contributed by atoms with Crippen LogP contribution in [0.5, 0.6) is 0 Å². The molecule has 6 heteroatoms. The van der Waals surface area contributed by atoms with Gasteiger partial charge in [0.1, 0.15) is 12.7 Å². The first-order valence-corrected chi connectivity index (χ1v) is 12.8. The minimum atomic E-state index is -4.28. The molecule has 31 heavy (non-hydrogen) atoms. The predicted octanol–water partition coefficient (Wildman–Crippen LogP) is 7.76. The van der Waals surface area contributed by atoms with E-state index in [0.717, 1.165) is 31.6 Å². The second-order valence-electron chi connectivity index (χ2n) is 9.74. The Hall–Kier alpha value is -0.780. The second kappa shape index (κ2) is 14.4. The van der Waals surface area contributed by atoms with E-state index >= 15 is 0 Å².